The Labute approximate surface area is 126 Å². The summed E-state index contributed by atoms with van der Waals surface area (Å²) in [4.78, 5) is 14.3. The van der Waals surface area contributed by atoms with E-state index < -0.39 is 0 Å². The highest BCUT2D eigenvalue weighted by atomic mass is 35.5. The van der Waals surface area contributed by atoms with Crippen molar-refractivity contribution in [1.82, 2.24) is 10.2 Å². The van der Waals surface area contributed by atoms with Gasteiger partial charge in [0.15, 0.2) is 0 Å². The maximum Gasteiger partial charge on any atom is 0.234 e. The number of nitrogens with zero attached hydrogens (tertiary/aromatic N) is 1. The largest absolute Gasteiger partial charge is 0.348 e. The number of likely N-dealkylation sites (tertiary alicyclic amines) is 1. The molecule has 0 radical (unpaired) electrons. The fourth-order valence-corrected chi connectivity index (χ4v) is 2.88. The zero-order valence-electron chi connectivity index (χ0n) is 12.2. The smallest absolute Gasteiger partial charge is 0.234 e. The van der Waals surface area contributed by atoms with Crippen LogP contribution in [-0.4, -0.2) is 30.4 Å². The van der Waals surface area contributed by atoms with E-state index in [0.29, 0.717) is 12.5 Å². The van der Waals surface area contributed by atoms with Crippen molar-refractivity contribution in [2.45, 2.75) is 32.7 Å². The van der Waals surface area contributed by atoms with Gasteiger partial charge in [-0.05, 0) is 49.9 Å². The standard InChI is InChI=1S/C16H23ClN2O/c1-12-4-3-9-19(10-12)11-16(20)18-13(2)14-5-7-15(17)8-6-14/h5-8,12-13H,3-4,9-11H2,1-2H3,(H,18,20). The Hall–Kier alpha value is -1.06. The molecule has 1 aromatic carbocycles. The molecule has 1 aromatic rings. The fraction of sp³-hybridized carbons (Fsp3) is 0.562. The highest BCUT2D eigenvalue weighted by Crippen LogP contribution is 2.17. The third kappa shape index (κ3) is 4.50. The van der Waals surface area contributed by atoms with Gasteiger partial charge in [-0.1, -0.05) is 30.7 Å². The molecular formula is C16H23ClN2O. The van der Waals surface area contributed by atoms with Gasteiger partial charge in [0, 0.05) is 11.6 Å². The highest BCUT2D eigenvalue weighted by Gasteiger charge is 2.19. The molecule has 0 bridgehead atoms. The molecule has 3 nitrogen and oxygen atoms in total. The average molecular weight is 295 g/mol. The highest BCUT2D eigenvalue weighted by molar-refractivity contribution is 6.30. The summed E-state index contributed by atoms with van der Waals surface area (Å²) < 4.78 is 0. The third-order valence-corrected chi connectivity index (χ3v) is 4.11. The molecule has 0 saturated carbocycles. The van der Waals surface area contributed by atoms with Crippen molar-refractivity contribution in [3.63, 3.8) is 0 Å². The summed E-state index contributed by atoms with van der Waals surface area (Å²) in [7, 11) is 0. The van der Waals surface area contributed by atoms with Crippen molar-refractivity contribution in [3.05, 3.63) is 34.9 Å². The number of carbonyl (C=O) groups is 1. The van der Waals surface area contributed by atoms with Crippen molar-refractivity contribution in [3.8, 4) is 0 Å². The molecule has 2 atom stereocenters. The molecule has 1 saturated heterocycles. The van der Waals surface area contributed by atoms with E-state index in [9.17, 15) is 4.79 Å². The zero-order valence-corrected chi connectivity index (χ0v) is 13.0. The summed E-state index contributed by atoms with van der Waals surface area (Å²) in [6.45, 7) is 6.82. The predicted molar refractivity (Wildman–Crippen MR) is 82.8 cm³/mol. The van der Waals surface area contributed by atoms with Crippen LogP contribution in [-0.2, 0) is 4.79 Å². The second-order valence-corrected chi connectivity index (χ2v) is 6.26. The van der Waals surface area contributed by atoms with E-state index in [2.05, 4.69) is 17.1 Å². The Morgan fingerprint density at radius 1 is 1.45 bits per heavy atom. The van der Waals surface area contributed by atoms with E-state index in [-0.39, 0.29) is 11.9 Å². The van der Waals surface area contributed by atoms with Gasteiger partial charge in [-0.3, -0.25) is 9.69 Å². The normalized spacial score (nSPS) is 21.4. The SMILES string of the molecule is CC1CCCN(CC(=O)NC(C)c2ccc(Cl)cc2)C1. The minimum Gasteiger partial charge on any atom is -0.348 e. The maximum absolute atomic E-state index is 12.1. The number of hydrogen-bond acceptors (Lipinski definition) is 2. The molecule has 2 unspecified atom stereocenters. The molecule has 20 heavy (non-hydrogen) atoms. The van der Waals surface area contributed by atoms with Crippen LogP contribution >= 0.6 is 11.6 Å². The number of benzene rings is 1. The van der Waals surface area contributed by atoms with E-state index in [1.807, 2.05) is 31.2 Å². The Kier molecular flexibility index (Phi) is 5.44. The van der Waals surface area contributed by atoms with Crippen LogP contribution in [0.2, 0.25) is 5.02 Å². The van der Waals surface area contributed by atoms with E-state index in [4.69, 9.17) is 11.6 Å². The minimum absolute atomic E-state index is 0.0157. The lowest BCUT2D eigenvalue weighted by Crippen LogP contribution is -2.42. The lowest BCUT2D eigenvalue weighted by atomic mass is 10.0. The lowest BCUT2D eigenvalue weighted by molar-refractivity contribution is -0.123. The summed E-state index contributed by atoms with van der Waals surface area (Å²) in [5.41, 5.74) is 1.08. The topological polar surface area (TPSA) is 32.3 Å². The number of hydrogen-bond donors (Lipinski definition) is 1. The first-order valence-corrected chi connectivity index (χ1v) is 7.69. The molecule has 1 N–H and O–H groups in total. The molecule has 110 valence electrons. The van der Waals surface area contributed by atoms with Gasteiger partial charge in [-0.2, -0.15) is 0 Å². The van der Waals surface area contributed by atoms with Gasteiger partial charge in [0.05, 0.1) is 12.6 Å². The Morgan fingerprint density at radius 3 is 2.80 bits per heavy atom. The summed E-state index contributed by atoms with van der Waals surface area (Å²) in [5, 5.41) is 3.77. The van der Waals surface area contributed by atoms with Gasteiger partial charge in [0.1, 0.15) is 0 Å². The Bertz CT molecular complexity index is 446. The Balaban J connectivity index is 1.83. The van der Waals surface area contributed by atoms with Crippen LogP contribution < -0.4 is 5.32 Å². The molecule has 0 aromatic heterocycles. The van der Waals surface area contributed by atoms with E-state index in [1.54, 1.807) is 0 Å². The number of carbonyl (C=O) groups excluding carboxylic acids is 1. The van der Waals surface area contributed by atoms with Crippen LogP contribution in [0.5, 0.6) is 0 Å². The molecule has 4 heteroatoms. The number of rotatable bonds is 4. The van der Waals surface area contributed by atoms with Crippen LogP contribution in [0.15, 0.2) is 24.3 Å². The maximum atomic E-state index is 12.1. The molecule has 0 spiro atoms. The second kappa shape index (κ2) is 7.09. The van der Waals surface area contributed by atoms with Crippen molar-refractivity contribution < 1.29 is 4.79 Å². The number of halogens is 1. The van der Waals surface area contributed by atoms with Gasteiger partial charge in [0.2, 0.25) is 5.91 Å². The molecule has 1 aliphatic rings. The quantitative estimate of drug-likeness (QED) is 0.924. The summed E-state index contributed by atoms with van der Waals surface area (Å²) >= 11 is 5.87. The zero-order chi connectivity index (χ0) is 14.5. The van der Waals surface area contributed by atoms with Gasteiger partial charge in [-0.15, -0.1) is 0 Å². The average Bonchev–Trinajstić information content (AvgIpc) is 2.39. The van der Waals surface area contributed by atoms with Gasteiger partial charge in [0.25, 0.3) is 0 Å². The van der Waals surface area contributed by atoms with Gasteiger partial charge in [-0.25, -0.2) is 0 Å². The molecule has 1 heterocycles. The van der Waals surface area contributed by atoms with Crippen molar-refractivity contribution >= 4 is 17.5 Å². The summed E-state index contributed by atoms with van der Waals surface area (Å²) in [5.74, 6) is 0.798. The van der Waals surface area contributed by atoms with Crippen LogP contribution in [0.3, 0.4) is 0 Å². The molecule has 1 fully saturated rings. The monoisotopic (exact) mass is 294 g/mol. The number of piperidine rings is 1. The minimum atomic E-state index is 0.0157. The first-order valence-electron chi connectivity index (χ1n) is 7.32. The summed E-state index contributed by atoms with van der Waals surface area (Å²) in [6.07, 6.45) is 2.47. The van der Waals surface area contributed by atoms with Gasteiger partial charge >= 0.3 is 0 Å². The van der Waals surface area contributed by atoms with E-state index in [0.717, 1.165) is 23.7 Å². The van der Waals surface area contributed by atoms with E-state index in [1.165, 1.54) is 12.8 Å². The molecule has 0 aliphatic carbocycles. The van der Waals surface area contributed by atoms with Crippen LogP contribution in [0.25, 0.3) is 0 Å². The molecule has 2 rings (SSSR count). The Morgan fingerprint density at radius 2 is 2.15 bits per heavy atom. The van der Waals surface area contributed by atoms with Crippen LogP contribution in [0.4, 0.5) is 0 Å². The second-order valence-electron chi connectivity index (χ2n) is 5.82. The van der Waals surface area contributed by atoms with E-state index >= 15 is 0 Å². The first kappa shape index (κ1) is 15.3. The van der Waals surface area contributed by atoms with Crippen molar-refractivity contribution in [2.24, 2.45) is 5.92 Å². The van der Waals surface area contributed by atoms with Gasteiger partial charge < -0.3 is 5.32 Å². The van der Waals surface area contributed by atoms with Crippen molar-refractivity contribution in [2.75, 3.05) is 19.6 Å². The molecule has 1 amide bonds. The number of amides is 1. The lowest BCUT2D eigenvalue weighted by Gasteiger charge is -2.30. The van der Waals surface area contributed by atoms with Crippen molar-refractivity contribution in [1.29, 1.82) is 0 Å². The molecule has 1 aliphatic heterocycles. The fourth-order valence-electron chi connectivity index (χ4n) is 2.76. The van der Waals surface area contributed by atoms with Crippen LogP contribution in [0, 0.1) is 5.92 Å². The third-order valence-electron chi connectivity index (χ3n) is 3.86. The number of nitrogens with one attached hydrogen (secondary N) is 1. The van der Waals surface area contributed by atoms with Crippen LogP contribution in [0.1, 0.15) is 38.3 Å². The predicted octanol–water partition coefficient (Wildman–Crippen LogP) is 3.25. The first-order chi connectivity index (χ1) is 9.54. The molecular weight excluding hydrogens is 272 g/mol. The summed E-state index contributed by atoms with van der Waals surface area (Å²) in [6, 6.07) is 7.63.